The molecule has 3 heterocycles. The molecule has 14 heteroatoms. The molecule has 3 aromatic rings. The van der Waals surface area contributed by atoms with Gasteiger partial charge in [0, 0.05) is 22.9 Å². The van der Waals surface area contributed by atoms with Crippen molar-refractivity contribution < 1.29 is 31.6 Å². The van der Waals surface area contributed by atoms with Crippen molar-refractivity contribution in [1.29, 1.82) is 0 Å². The Bertz CT molecular complexity index is 1980. The number of carbonyl (C=O) groups excluding carboxylic acids is 2. The molecule has 1 saturated carbocycles. The number of esters is 1. The number of ether oxygens (including phenoxy) is 1. The van der Waals surface area contributed by atoms with E-state index in [0.29, 0.717) is 16.8 Å². The van der Waals surface area contributed by atoms with Gasteiger partial charge in [0.05, 0.1) is 29.4 Å². The van der Waals surface area contributed by atoms with Crippen LogP contribution in [0.4, 0.5) is 13.2 Å². The summed E-state index contributed by atoms with van der Waals surface area (Å²) in [4.78, 5) is 42.2. The number of alkyl halides is 3. The Morgan fingerprint density at radius 2 is 1.90 bits per heavy atom. The van der Waals surface area contributed by atoms with Gasteiger partial charge >= 0.3 is 12.1 Å². The highest BCUT2D eigenvalue weighted by Gasteiger charge is 2.64. The molecule has 10 nitrogen and oxygen atoms in total. The van der Waals surface area contributed by atoms with Crippen LogP contribution in [0.3, 0.4) is 0 Å². The maximum Gasteiger partial charge on any atom is 0.395 e. The average molecular weight is 699 g/mol. The molecule has 3 aliphatic rings. The van der Waals surface area contributed by atoms with E-state index in [1.54, 1.807) is 6.21 Å². The summed E-state index contributed by atoms with van der Waals surface area (Å²) in [5.74, 6) is -1.96. The molecule has 2 aromatic carbocycles. The van der Waals surface area contributed by atoms with E-state index in [4.69, 9.17) is 31.2 Å². The Labute approximate surface area is 291 Å². The molecular weight excluding hydrogens is 659 g/mol. The first-order valence-corrected chi connectivity index (χ1v) is 16.0. The lowest BCUT2D eigenvalue weighted by Gasteiger charge is -2.35. The smallest absolute Gasteiger partial charge is 0.395 e. The Balaban J connectivity index is 1.41. The molecule has 1 fully saturated rings. The van der Waals surface area contributed by atoms with Gasteiger partial charge in [-0.25, -0.2) is 14.7 Å². The summed E-state index contributed by atoms with van der Waals surface area (Å²) in [5.41, 5.74) is 5.35. The van der Waals surface area contributed by atoms with E-state index in [1.807, 2.05) is 51.1 Å². The van der Waals surface area contributed by atoms with Gasteiger partial charge in [-0.1, -0.05) is 62.7 Å². The van der Waals surface area contributed by atoms with E-state index in [9.17, 15) is 22.8 Å². The highest BCUT2D eigenvalue weighted by Crippen LogP contribution is 2.60. The van der Waals surface area contributed by atoms with E-state index in [1.165, 1.54) is 23.1 Å². The van der Waals surface area contributed by atoms with Gasteiger partial charge in [0.15, 0.2) is 17.3 Å². The van der Waals surface area contributed by atoms with Crippen LogP contribution in [0.1, 0.15) is 73.3 Å². The fourth-order valence-electron chi connectivity index (χ4n) is 6.45. The van der Waals surface area contributed by atoms with Crippen molar-refractivity contribution in [3.8, 4) is 11.4 Å². The van der Waals surface area contributed by atoms with E-state index in [2.05, 4.69) is 15.1 Å². The number of nitrogens with zero attached hydrogens (tertiary/aromatic N) is 6. The number of rotatable bonds is 10. The fourth-order valence-corrected chi connectivity index (χ4v) is 6.65. The van der Waals surface area contributed by atoms with Crippen molar-refractivity contribution in [2.24, 2.45) is 33.5 Å². The number of carbonyl (C=O) groups is 2. The monoisotopic (exact) mass is 698 g/mol. The van der Waals surface area contributed by atoms with E-state index in [0.717, 1.165) is 17.5 Å². The maximum atomic E-state index is 14.9. The summed E-state index contributed by atoms with van der Waals surface area (Å²) < 4.78 is 71.1. The van der Waals surface area contributed by atoms with Crippen molar-refractivity contribution in [3.05, 3.63) is 76.6 Å². The van der Waals surface area contributed by atoms with Gasteiger partial charge in [-0.05, 0) is 65.1 Å². The molecule has 0 bridgehead atoms. The number of hydrogen-bond donors (Lipinski definition) is 1. The first-order chi connectivity index (χ1) is 24.2. The molecule has 2 N–H and O–H groups in total. The number of halogens is 4. The van der Waals surface area contributed by atoms with Gasteiger partial charge in [-0.15, -0.1) is 0 Å². The van der Waals surface area contributed by atoms with Crippen molar-refractivity contribution in [2.75, 3.05) is 13.2 Å². The Morgan fingerprint density at radius 3 is 2.51 bits per heavy atom. The Morgan fingerprint density at radius 1 is 1.16 bits per heavy atom. The molecular formula is C35H37ClF3N7O3. The van der Waals surface area contributed by atoms with E-state index in [-0.39, 0.29) is 47.2 Å². The summed E-state index contributed by atoms with van der Waals surface area (Å²) in [7, 11) is 0. The molecule has 49 heavy (non-hydrogen) atoms. The number of benzene rings is 2. The van der Waals surface area contributed by atoms with Gasteiger partial charge in [0.25, 0.3) is 5.91 Å². The zero-order valence-corrected chi connectivity index (χ0v) is 27.8. The van der Waals surface area contributed by atoms with Crippen LogP contribution >= 0.6 is 11.6 Å². The number of hydrogen-bond acceptors (Lipinski definition) is 8. The van der Waals surface area contributed by atoms with Crippen molar-refractivity contribution >= 4 is 41.2 Å². The molecule has 1 aromatic heterocycles. The largest absolute Gasteiger partial charge is 0.463 e. The number of guanidine groups is 1. The molecule has 0 radical (unpaired) electrons. The molecule has 0 unspecified atom stereocenters. The highest BCUT2D eigenvalue weighted by atomic mass is 35.5. The standard InChI is InChI=1S/C35H37ClF3N7O3/c1-32(2,3)19-34(24-8-5-21(6-9-24)23-11-14-41-17-23)30(48)46(31(40)44-34)27(18-49-28(47)16-33(12-13-33)35(37,38)39)22-7-10-26(36)25(15-22)29-42-20-43-45(29)4/h5-11,14-15,20,27H,12-13,16-19H2,1-4H3,(H2,40,44)/t27-,34-/m1/s1/i4D3. The third kappa shape index (κ3) is 6.60. The predicted octanol–water partition coefficient (Wildman–Crippen LogP) is 6.41. The number of aromatic nitrogens is 3. The summed E-state index contributed by atoms with van der Waals surface area (Å²) in [6.07, 6.45) is -0.944. The van der Waals surface area contributed by atoms with Crippen molar-refractivity contribution in [1.82, 2.24) is 19.7 Å². The lowest BCUT2D eigenvalue weighted by molar-refractivity contribution is -0.195. The minimum absolute atomic E-state index is 0.0955. The van der Waals surface area contributed by atoms with Crippen LogP contribution in [0, 0.1) is 10.8 Å². The summed E-state index contributed by atoms with van der Waals surface area (Å²) in [6.45, 7) is 3.06. The molecule has 0 saturated heterocycles. The lowest BCUT2D eigenvalue weighted by atomic mass is 9.75. The maximum absolute atomic E-state index is 14.9. The fraction of sp³-hybridized carbons (Fsp3) is 0.429. The van der Waals surface area contributed by atoms with E-state index < -0.39 is 60.5 Å². The quantitative estimate of drug-likeness (QED) is 0.244. The van der Waals surface area contributed by atoms with Gasteiger partial charge < -0.3 is 10.5 Å². The number of allylic oxidation sites excluding steroid dienone is 1. The lowest BCUT2D eigenvalue weighted by Crippen LogP contribution is -2.47. The Hall–Kier alpha value is -4.52. The minimum atomic E-state index is -4.58. The van der Waals surface area contributed by atoms with Crippen LogP contribution in [0.2, 0.25) is 5.02 Å². The second-order valence-electron chi connectivity index (χ2n) is 13.9. The molecule has 1 amide bonds. The third-order valence-electron chi connectivity index (χ3n) is 9.10. The molecule has 6 rings (SSSR count). The zero-order chi connectivity index (χ0) is 37.9. The molecule has 1 aliphatic carbocycles. The summed E-state index contributed by atoms with van der Waals surface area (Å²) >= 11 is 6.54. The summed E-state index contributed by atoms with van der Waals surface area (Å²) in [5, 5.41) is 3.92. The average Bonchev–Trinajstić information content (AvgIpc) is 3.38. The first kappa shape index (κ1) is 30.5. The SMILES string of the molecule is [2H]C([2H])([2H])n1ncnc1-c1cc([C@@H](COC(=O)CC2(C(F)(F)F)CC2)N2C(=O)[C@@](CC(C)(C)C)(c3ccc(C4=CC=NC4)cc3)N=C2N)ccc1Cl. The third-order valence-corrected chi connectivity index (χ3v) is 9.43. The predicted molar refractivity (Wildman–Crippen MR) is 179 cm³/mol. The van der Waals surface area contributed by atoms with Crippen LogP contribution in [-0.4, -0.2) is 63.0 Å². The second-order valence-corrected chi connectivity index (χ2v) is 14.3. The number of aliphatic imine (C=N–C) groups is 2. The second kappa shape index (κ2) is 12.4. The zero-order valence-electron chi connectivity index (χ0n) is 30.1. The van der Waals surface area contributed by atoms with E-state index >= 15 is 0 Å². The van der Waals surface area contributed by atoms with Crippen LogP contribution in [0.15, 0.2) is 64.9 Å². The van der Waals surface area contributed by atoms with Gasteiger partial charge in [0.1, 0.15) is 12.9 Å². The number of nitrogens with two attached hydrogens (primary N) is 1. The van der Waals surface area contributed by atoms with Crippen molar-refractivity contribution in [2.45, 2.75) is 64.2 Å². The molecule has 0 spiro atoms. The topological polar surface area (TPSA) is 128 Å². The van der Waals surface area contributed by atoms with Crippen LogP contribution < -0.4 is 5.73 Å². The molecule has 258 valence electrons. The summed E-state index contributed by atoms with van der Waals surface area (Å²) in [6, 6.07) is 10.6. The minimum Gasteiger partial charge on any atom is -0.463 e. The highest BCUT2D eigenvalue weighted by molar-refractivity contribution is 6.33. The van der Waals surface area contributed by atoms with Crippen molar-refractivity contribution in [3.63, 3.8) is 0 Å². The van der Waals surface area contributed by atoms with Crippen LogP contribution in [0.5, 0.6) is 0 Å². The van der Waals surface area contributed by atoms with Gasteiger partial charge in [-0.3, -0.25) is 19.5 Å². The number of aryl methyl sites for hydroxylation is 1. The first-order valence-electron chi connectivity index (χ1n) is 17.2. The molecule has 2 atom stereocenters. The Kier molecular flexibility index (Phi) is 7.74. The normalized spacial score (nSPS) is 21.9. The van der Waals surface area contributed by atoms with Gasteiger partial charge in [-0.2, -0.15) is 18.3 Å². The van der Waals surface area contributed by atoms with Crippen LogP contribution in [0.25, 0.3) is 17.0 Å². The van der Waals surface area contributed by atoms with Crippen LogP contribution in [-0.2, 0) is 26.8 Å². The molecule has 2 aliphatic heterocycles. The number of amides is 1. The van der Waals surface area contributed by atoms with Gasteiger partial charge in [0.2, 0.25) is 0 Å².